The predicted molar refractivity (Wildman–Crippen MR) is 67.0 cm³/mol. The summed E-state index contributed by atoms with van der Waals surface area (Å²) in [6.07, 6.45) is 1.21. The van der Waals surface area contributed by atoms with Crippen LogP contribution in [-0.4, -0.2) is 41.7 Å². The number of rotatable bonds is 1. The number of pyridine rings is 1. The van der Waals surface area contributed by atoms with E-state index in [-0.39, 0.29) is 12.1 Å². The average Bonchev–Trinajstić information content (AvgIpc) is 2.32. The van der Waals surface area contributed by atoms with Crippen molar-refractivity contribution < 1.29 is 9.53 Å². The Labute approximate surface area is 108 Å². The van der Waals surface area contributed by atoms with Crippen molar-refractivity contribution in [1.29, 1.82) is 0 Å². The molecule has 92 valence electrons. The first kappa shape index (κ1) is 12.3. The Morgan fingerprint density at radius 3 is 3.12 bits per heavy atom. The molecule has 1 aliphatic rings. The van der Waals surface area contributed by atoms with Gasteiger partial charge in [-0.1, -0.05) is 0 Å². The first-order valence-corrected chi connectivity index (χ1v) is 6.27. The lowest BCUT2D eigenvalue weighted by atomic mass is 10.2. The molecule has 1 aliphatic heterocycles. The van der Waals surface area contributed by atoms with Gasteiger partial charge in [0.1, 0.15) is 4.60 Å². The van der Waals surface area contributed by atoms with Crippen LogP contribution in [0, 0.1) is 0 Å². The number of hydrogen-bond donors (Lipinski definition) is 1. The highest BCUT2D eigenvalue weighted by molar-refractivity contribution is 9.10. The van der Waals surface area contributed by atoms with Gasteiger partial charge < -0.3 is 15.0 Å². The van der Waals surface area contributed by atoms with Crippen molar-refractivity contribution in [3.8, 4) is 5.75 Å². The SMILES string of the molecule is CC1CNCCN1C(=O)Oc1ccc(Br)nc1. The van der Waals surface area contributed by atoms with E-state index < -0.39 is 0 Å². The van der Waals surface area contributed by atoms with E-state index in [4.69, 9.17) is 4.74 Å². The number of amides is 1. The minimum Gasteiger partial charge on any atom is -0.409 e. The molecule has 17 heavy (non-hydrogen) atoms. The molecule has 1 fully saturated rings. The van der Waals surface area contributed by atoms with Gasteiger partial charge in [-0.3, -0.25) is 0 Å². The lowest BCUT2D eigenvalue weighted by molar-refractivity contribution is 0.124. The summed E-state index contributed by atoms with van der Waals surface area (Å²) in [6.45, 7) is 4.27. The third kappa shape index (κ3) is 3.17. The Bertz CT molecular complexity index is 396. The summed E-state index contributed by atoms with van der Waals surface area (Å²) >= 11 is 3.23. The topological polar surface area (TPSA) is 54.5 Å². The number of carbonyl (C=O) groups excluding carboxylic acids is 1. The standard InChI is InChI=1S/C11H14BrN3O2/c1-8-6-13-4-5-15(8)11(16)17-9-2-3-10(12)14-7-9/h2-3,7-8,13H,4-6H2,1H3. The molecule has 2 heterocycles. The molecule has 0 spiro atoms. The van der Waals surface area contributed by atoms with Gasteiger partial charge in [0, 0.05) is 25.7 Å². The molecule has 1 saturated heterocycles. The molecule has 0 aromatic carbocycles. The van der Waals surface area contributed by atoms with Gasteiger partial charge in [-0.25, -0.2) is 9.78 Å². The van der Waals surface area contributed by atoms with Crippen LogP contribution in [-0.2, 0) is 0 Å². The fraction of sp³-hybridized carbons (Fsp3) is 0.455. The van der Waals surface area contributed by atoms with Crippen LogP contribution in [0.5, 0.6) is 5.75 Å². The Hall–Kier alpha value is -1.14. The number of carbonyl (C=O) groups is 1. The number of nitrogens with one attached hydrogen (secondary N) is 1. The van der Waals surface area contributed by atoms with E-state index >= 15 is 0 Å². The number of piperazine rings is 1. The van der Waals surface area contributed by atoms with Crippen LogP contribution in [0.2, 0.25) is 0 Å². The van der Waals surface area contributed by atoms with Gasteiger partial charge in [0.15, 0.2) is 5.75 Å². The van der Waals surface area contributed by atoms with Crippen LogP contribution >= 0.6 is 15.9 Å². The van der Waals surface area contributed by atoms with Crippen LogP contribution < -0.4 is 10.1 Å². The molecule has 0 bridgehead atoms. The number of nitrogens with zero attached hydrogens (tertiary/aromatic N) is 2. The number of ether oxygens (including phenoxy) is 1. The molecule has 1 aromatic heterocycles. The van der Waals surface area contributed by atoms with Gasteiger partial charge in [0.05, 0.1) is 6.20 Å². The molecule has 0 aliphatic carbocycles. The highest BCUT2D eigenvalue weighted by Gasteiger charge is 2.24. The quantitative estimate of drug-likeness (QED) is 0.801. The summed E-state index contributed by atoms with van der Waals surface area (Å²) in [6, 6.07) is 3.60. The Morgan fingerprint density at radius 1 is 1.65 bits per heavy atom. The summed E-state index contributed by atoms with van der Waals surface area (Å²) in [4.78, 5) is 17.6. The van der Waals surface area contributed by atoms with E-state index in [0.29, 0.717) is 16.9 Å². The molecule has 0 radical (unpaired) electrons. The van der Waals surface area contributed by atoms with Crippen LogP contribution in [0.4, 0.5) is 4.79 Å². The van der Waals surface area contributed by atoms with E-state index in [2.05, 4.69) is 26.2 Å². The van der Waals surface area contributed by atoms with Crippen molar-refractivity contribution in [3.63, 3.8) is 0 Å². The van der Waals surface area contributed by atoms with E-state index in [9.17, 15) is 4.79 Å². The Balaban J connectivity index is 1.98. The number of halogens is 1. The highest BCUT2D eigenvalue weighted by atomic mass is 79.9. The fourth-order valence-electron chi connectivity index (χ4n) is 1.69. The molecule has 0 saturated carbocycles. The maximum absolute atomic E-state index is 11.9. The number of aromatic nitrogens is 1. The largest absolute Gasteiger partial charge is 0.415 e. The van der Waals surface area contributed by atoms with Crippen molar-refractivity contribution in [1.82, 2.24) is 15.2 Å². The molecule has 6 heteroatoms. The second-order valence-corrected chi connectivity index (χ2v) is 4.74. The van der Waals surface area contributed by atoms with Crippen molar-refractivity contribution >= 4 is 22.0 Å². The Kier molecular flexibility index (Phi) is 3.96. The summed E-state index contributed by atoms with van der Waals surface area (Å²) < 4.78 is 5.97. The number of hydrogen-bond acceptors (Lipinski definition) is 4. The van der Waals surface area contributed by atoms with Gasteiger partial charge in [0.25, 0.3) is 0 Å². The van der Waals surface area contributed by atoms with Crippen LogP contribution in [0.1, 0.15) is 6.92 Å². The third-order valence-electron chi connectivity index (χ3n) is 2.64. The van der Waals surface area contributed by atoms with Crippen LogP contribution in [0.3, 0.4) is 0 Å². The monoisotopic (exact) mass is 299 g/mol. The van der Waals surface area contributed by atoms with E-state index in [1.165, 1.54) is 6.20 Å². The lowest BCUT2D eigenvalue weighted by Gasteiger charge is -2.32. The Morgan fingerprint density at radius 2 is 2.47 bits per heavy atom. The fourth-order valence-corrected chi connectivity index (χ4v) is 1.93. The minimum atomic E-state index is -0.317. The van der Waals surface area contributed by atoms with E-state index in [1.807, 2.05) is 6.92 Å². The first-order valence-electron chi connectivity index (χ1n) is 5.47. The summed E-state index contributed by atoms with van der Waals surface area (Å²) in [5.74, 6) is 0.462. The van der Waals surface area contributed by atoms with Gasteiger partial charge in [-0.2, -0.15) is 0 Å². The zero-order valence-corrected chi connectivity index (χ0v) is 11.1. The second kappa shape index (κ2) is 5.46. The van der Waals surface area contributed by atoms with Crippen molar-refractivity contribution in [3.05, 3.63) is 22.9 Å². The molecule has 5 nitrogen and oxygen atoms in total. The van der Waals surface area contributed by atoms with Gasteiger partial charge >= 0.3 is 6.09 Å². The molecular formula is C11H14BrN3O2. The van der Waals surface area contributed by atoms with Crippen molar-refractivity contribution in [2.75, 3.05) is 19.6 Å². The predicted octanol–water partition coefficient (Wildman–Crippen LogP) is 1.64. The molecule has 1 N–H and O–H groups in total. The molecule has 1 atom stereocenters. The highest BCUT2D eigenvalue weighted by Crippen LogP contribution is 2.14. The zero-order valence-electron chi connectivity index (χ0n) is 9.52. The minimum absolute atomic E-state index is 0.152. The average molecular weight is 300 g/mol. The molecule has 1 amide bonds. The van der Waals surface area contributed by atoms with E-state index in [0.717, 1.165) is 13.1 Å². The normalized spacial score (nSPS) is 20.1. The molecule has 1 aromatic rings. The smallest absolute Gasteiger partial charge is 0.409 e. The lowest BCUT2D eigenvalue weighted by Crippen LogP contribution is -2.53. The van der Waals surface area contributed by atoms with E-state index in [1.54, 1.807) is 17.0 Å². The molecular weight excluding hydrogens is 286 g/mol. The summed E-state index contributed by atoms with van der Waals surface area (Å²) in [5.41, 5.74) is 0. The first-order chi connectivity index (χ1) is 8.16. The zero-order chi connectivity index (χ0) is 12.3. The van der Waals surface area contributed by atoms with Crippen LogP contribution in [0.25, 0.3) is 0 Å². The maximum Gasteiger partial charge on any atom is 0.415 e. The summed E-state index contributed by atoms with van der Waals surface area (Å²) in [7, 11) is 0. The third-order valence-corrected chi connectivity index (χ3v) is 3.11. The van der Waals surface area contributed by atoms with Crippen LogP contribution in [0.15, 0.2) is 22.9 Å². The second-order valence-electron chi connectivity index (χ2n) is 3.93. The van der Waals surface area contributed by atoms with Gasteiger partial charge in [-0.15, -0.1) is 0 Å². The molecule has 1 unspecified atom stereocenters. The van der Waals surface area contributed by atoms with Gasteiger partial charge in [-0.05, 0) is 35.0 Å². The van der Waals surface area contributed by atoms with Crippen molar-refractivity contribution in [2.45, 2.75) is 13.0 Å². The van der Waals surface area contributed by atoms with Crippen molar-refractivity contribution in [2.24, 2.45) is 0 Å². The maximum atomic E-state index is 11.9. The summed E-state index contributed by atoms with van der Waals surface area (Å²) in [5, 5.41) is 3.22. The van der Waals surface area contributed by atoms with Gasteiger partial charge in [0.2, 0.25) is 0 Å². The molecule has 2 rings (SSSR count).